The molecule has 0 radical (unpaired) electrons. The first-order valence-electron chi connectivity index (χ1n) is 4.02. The molecule has 0 saturated carbocycles. The SMILES string of the molecule is CCOC(=O)CCC(C)C(N)=O. The van der Waals surface area contributed by atoms with Crippen LogP contribution in [0.3, 0.4) is 0 Å². The third-order valence-electron chi connectivity index (χ3n) is 1.57. The van der Waals surface area contributed by atoms with E-state index < -0.39 is 0 Å². The first kappa shape index (κ1) is 10.9. The van der Waals surface area contributed by atoms with Gasteiger partial charge in [0.2, 0.25) is 5.91 Å². The lowest BCUT2D eigenvalue weighted by Gasteiger charge is -2.05. The van der Waals surface area contributed by atoms with Crippen LogP contribution >= 0.6 is 0 Å². The van der Waals surface area contributed by atoms with Crippen LogP contribution in [0.2, 0.25) is 0 Å². The first-order chi connectivity index (χ1) is 5.57. The zero-order chi connectivity index (χ0) is 9.56. The van der Waals surface area contributed by atoms with Gasteiger partial charge in [-0.3, -0.25) is 9.59 Å². The molecule has 0 aromatic carbocycles. The third-order valence-corrected chi connectivity index (χ3v) is 1.57. The summed E-state index contributed by atoms with van der Waals surface area (Å²) >= 11 is 0. The van der Waals surface area contributed by atoms with Gasteiger partial charge in [-0.05, 0) is 13.3 Å². The summed E-state index contributed by atoms with van der Waals surface area (Å²) in [7, 11) is 0. The van der Waals surface area contributed by atoms with Crippen molar-refractivity contribution < 1.29 is 14.3 Å². The van der Waals surface area contributed by atoms with Crippen molar-refractivity contribution in [2.75, 3.05) is 6.61 Å². The smallest absolute Gasteiger partial charge is 0.305 e. The van der Waals surface area contributed by atoms with E-state index in [0.29, 0.717) is 13.0 Å². The van der Waals surface area contributed by atoms with Gasteiger partial charge >= 0.3 is 5.97 Å². The fourth-order valence-electron chi connectivity index (χ4n) is 0.710. The molecule has 1 atom stereocenters. The van der Waals surface area contributed by atoms with Gasteiger partial charge in [-0.25, -0.2) is 0 Å². The zero-order valence-corrected chi connectivity index (χ0v) is 7.50. The summed E-state index contributed by atoms with van der Waals surface area (Å²) in [4.78, 5) is 21.3. The van der Waals surface area contributed by atoms with E-state index in [-0.39, 0.29) is 24.2 Å². The molecule has 0 heterocycles. The van der Waals surface area contributed by atoms with Crippen molar-refractivity contribution >= 4 is 11.9 Å². The molecule has 70 valence electrons. The Morgan fingerprint density at radius 3 is 2.50 bits per heavy atom. The molecular formula is C8H15NO3. The lowest BCUT2D eigenvalue weighted by molar-refractivity contribution is -0.143. The van der Waals surface area contributed by atoms with E-state index in [0.717, 1.165) is 0 Å². The highest BCUT2D eigenvalue weighted by Crippen LogP contribution is 2.04. The molecule has 0 rings (SSSR count). The summed E-state index contributed by atoms with van der Waals surface area (Å²) in [6, 6.07) is 0. The predicted molar refractivity (Wildman–Crippen MR) is 44.2 cm³/mol. The van der Waals surface area contributed by atoms with Crippen LogP contribution < -0.4 is 5.73 Å². The molecule has 4 heteroatoms. The van der Waals surface area contributed by atoms with Gasteiger partial charge in [0.15, 0.2) is 0 Å². The second kappa shape index (κ2) is 5.57. The van der Waals surface area contributed by atoms with Gasteiger partial charge in [0.25, 0.3) is 0 Å². The standard InChI is InChI=1S/C8H15NO3/c1-3-12-7(10)5-4-6(2)8(9)11/h6H,3-5H2,1-2H3,(H2,9,11). The Hall–Kier alpha value is -1.06. The number of hydrogen-bond donors (Lipinski definition) is 1. The zero-order valence-electron chi connectivity index (χ0n) is 7.50. The number of carbonyl (C=O) groups is 2. The molecule has 0 aliphatic rings. The molecule has 0 saturated heterocycles. The largest absolute Gasteiger partial charge is 0.466 e. The predicted octanol–water partition coefficient (Wildman–Crippen LogP) is 0.451. The van der Waals surface area contributed by atoms with Crippen LogP contribution in [0, 0.1) is 5.92 Å². The highest BCUT2D eigenvalue weighted by atomic mass is 16.5. The first-order valence-corrected chi connectivity index (χ1v) is 4.02. The summed E-state index contributed by atoms with van der Waals surface area (Å²) in [5.41, 5.74) is 5.01. The van der Waals surface area contributed by atoms with E-state index in [4.69, 9.17) is 5.73 Å². The Balaban J connectivity index is 3.54. The van der Waals surface area contributed by atoms with E-state index in [1.807, 2.05) is 0 Å². The van der Waals surface area contributed by atoms with Crippen LogP contribution in [-0.2, 0) is 14.3 Å². The van der Waals surface area contributed by atoms with Crippen LogP contribution in [-0.4, -0.2) is 18.5 Å². The molecule has 0 bridgehead atoms. The summed E-state index contributed by atoms with van der Waals surface area (Å²) in [5, 5.41) is 0. The van der Waals surface area contributed by atoms with Crippen molar-refractivity contribution in [3.8, 4) is 0 Å². The van der Waals surface area contributed by atoms with Crippen molar-refractivity contribution in [2.24, 2.45) is 11.7 Å². The van der Waals surface area contributed by atoms with Crippen LogP contribution in [0.4, 0.5) is 0 Å². The van der Waals surface area contributed by atoms with Crippen LogP contribution in [0.25, 0.3) is 0 Å². The van der Waals surface area contributed by atoms with E-state index >= 15 is 0 Å². The minimum Gasteiger partial charge on any atom is -0.466 e. The number of esters is 1. The maximum absolute atomic E-state index is 10.8. The molecular weight excluding hydrogens is 158 g/mol. The van der Waals surface area contributed by atoms with Gasteiger partial charge in [0, 0.05) is 12.3 Å². The van der Waals surface area contributed by atoms with Crippen LogP contribution in [0.1, 0.15) is 26.7 Å². The Labute approximate surface area is 72.1 Å². The normalized spacial score (nSPS) is 12.2. The van der Waals surface area contributed by atoms with Gasteiger partial charge in [-0.15, -0.1) is 0 Å². The third kappa shape index (κ3) is 4.71. The van der Waals surface area contributed by atoms with Crippen LogP contribution in [0.5, 0.6) is 0 Å². The second-order valence-corrected chi connectivity index (χ2v) is 2.65. The quantitative estimate of drug-likeness (QED) is 0.614. The minimum atomic E-state index is -0.376. The van der Waals surface area contributed by atoms with Crippen molar-refractivity contribution in [1.82, 2.24) is 0 Å². The van der Waals surface area contributed by atoms with Crippen molar-refractivity contribution in [3.63, 3.8) is 0 Å². The maximum Gasteiger partial charge on any atom is 0.305 e. The topological polar surface area (TPSA) is 69.4 Å². The summed E-state index contributed by atoms with van der Waals surface area (Å²) in [6.45, 7) is 3.82. The van der Waals surface area contributed by atoms with E-state index in [9.17, 15) is 9.59 Å². The Morgan fingerprint density at radius 1 is 1.50 bits per heavy atom. The van der Waals surface area contributed by atoms with Gasteiger partial charge in [0.1, 0.15) is 0 Å². The number of nitrogens with two attached hydrogens (primary N) is 1. The molecule has 12 heavy (non-hydrogen) atoms. The molecule has 0 aromatic rings. The lowest BCUT2D eigenvalue weighted by Crippen LogP contribution is -2.21. The summed E-state index contributed by atoms with van der Waals surface area (Å²) in [6.07, 6.45) is 0.728. The van der Waals surface area contributed by atoms with Crippen molar-refractivity contribution in [3.05, 3.63) is 0 Å². The second-order valence-electron chi connectivity index (χ2n) is 2.65. The van der Waals surface area contributed by atoms with Crippen molar-refractivity contribution in [1.29, 1.82) is 0 Å². The fraction of sp³-hybridized carbons (Fsp3) is 0.750. The Bertz CT molecular complexity index is 168. The highest BCUT2D eigenvalue weighted by molar-refractivity contribution is 5.77. The molecule has 1 unspecified atom stereocenters. The van der Waals surface area contributed by atoms with E-state index in [1.165, 1.54) is 0 Å². The maximum atomic E-state index is 10.8. The number of carbonyl (C=O) groups excluding carboxylic acids is 2. The van der Waals surface area contributed by atoms with Gasteiger partial charge < -0.3 is 10.5 Å². The molecule has 2 N–H and O–H groups in total. The van der Waals surface area contributed by atoms with E-state index in [1.54, 1.807) is 13.8 Å². The lowest BCUT2D eigenvalue weighted by atomic mass is 10.1. The summed E-state index contributed by atoms with van der Waals surface area (Å²) in [5.74, 6) is -0.903. The number of rotatable bonds is 5. The molecule has 1 amide bonds. The number of hydrogen-bond acceptors (Lipinski definition) is 3. The van der Waals surface area contributed by atoms with Gasteiger partial charge in [-0.1, -0.05) is 6.92 Å². The Morgan fingerprint density at radius 2 is 2.08 bits per heavy atom. The average molecular weight is 173 g/mol. The van der Waals surface area contributed by atoms with E-state index in [2.05, 4.69) is 4.74 Å². The van der Waals surface area contributed by atoms with Crippen molar-refractivity contribution in [2.45, 2.75) is 26.7 Å². The minimum absolute atomic E-state index is 0.255. The monoisotopic (exact) mass is 173 g/mol. The van der Waals surface area contributed by atoms with Crippen LogP contribution in [0.15, 0.2) is 0 Å². The molecule has 0 aliphatic heterocycles. The molecule has 0 aromatic heterocycles. The fourth-order valence-corrected chi connectivity index (χ4v) is 0.710. The molecule has 0 aliphatic carbocycles. The highest BCUT2D eigenvalue weighted by Gasteiger charge is 2.11. The summed E-state index contributed by atoms with van der Waals surface area (Å²) < 4.78 is 4.68. The molecule has 4 nitrogen and oxygen atoms in total. The molecule has 0 fully saturated rings. The number of ether oxygens (including phenoxy) is 1. The number of amides is 1. The number of primary amides is 1. The molecule has 0 spiro atoms. The average Bonchev–Trinajstić information content (AvgIpc) is 2.00. The van der Waals surface area contributed by atoms with Gasteiger partial charge in [-0.2, -0.15) is 0 Å². The van der Waals surface area contributed by atoms with Gasteiger partial charge in [0.05, 0.1) is 6.61 Å². The Kier molecular flexibility index (Phi) is 5.08.